The zero-order chi connectivity index (χ0) is 37.4. The molecule has 4 aromatic carbocycles. The van der Waals surface area contributed by atoms with Crippen LogP contribution in [0.3, 0.4) is 0 Å². The molecule has 0 aromatic heterocycles. The summed E-state index contributed by atoms with van der Waals surface area (Å²) in [6.07, 6.45) is 1.08. The number of benzene rings is 4. The van der Waals surface area contributed by atoms with Gasteiger partial charge in [-0.2, -0.15) is 0 Å². The van der Waals surface area contributed by atoms with E-state index in [0.717, 1.165) is 0 Å². The Kier molecular flexibility index (Phi) is 14.2. The number of rotatable bonds is 16. The summed E-state index contributed by atoms with van der Waals surface area (Å²) in [4.78, 5) is 0. The number of hydrogen-bond donors (Lipinski definition) is 0. The van der Waals surface area contributed by atoms with Gasteiger partial charge in [0.2, 0.25) is 0 Å². The lowest BCUT2D eigenvalue weighted by atomic mass is 9.77. The first-order valence-corrected chi connectivity index (χ1v) is 26.1. The van der Waals surface area contributed by atoms with E-state index in [9.17, 15) is 0 Å². The molecule has 0 bridgehead atoms. The van der Waals surface area contributed by atoms with Gasteiger partial charge in [0.25, 0.3) is 8.32 Å². The van der Waals surface area contributed by atoms with Crippen molar-refractivity contribution >= 4 is 55.7 Å². The van der Waals surface area contributed by atoms with Crippen molar-refractivity contribution in [1.82, 2.24) is 0 Å². The van der Waals surface area contributed by atoms with Crippen molar-refractivity contribution in [3.63, 3.8) is 0 Å². The molecule has 0 unspecified atom stereocenters. The Morgan fingerprint density at radius 3 is 1.54 bits per heavy atom. The topological polar surface area (TPSA) is 27.7 Å². The third-order valence-corrected chi connectivity index (χ3v) is 23.5. The average molecular weight is 771 g/mol. The summed E-state index contributed by atoms with van der Waals surface area (Å²) in [5.74, 6) is 2.61. The van der Waals surface area contributed by atoms with E-state index in [-0.39, 0.29) is 34.5 Å². The van der Waals surface area contributed by atoms with Crippen LogP contribution in [0.25, 0.3) is 0 Å². The van der Waals surface area contributed by atoms with Gasteiger partial charge in [-0.1, -0.05) is 170 Å². The highest BCUT2D eigenvalue weighted by Gasteiger charge is 2.53. The van der Waals surface area contributed by atoms with Gasteiger partial charge >= 0.3 is 0 Å². The Bertz CT molecular complexity index is 1530. The highest BCUT2D eigenvalue weighted by atomic mass is 32.2. The summed E-state index contributed by atoms with van der Waals surface area (Å²) in [5, 5.41) is 3.87. The number of hydrogen-bond acceptors (Lipinski definition) is 5. The smallest absolute Gasteiger partial charge is 0.288 e. The third kappa shape index (κ3) is 9.57. The van der Waals surface area contributed by atoms with Gasteiger partial charge < -0.3 is 13.6 Å². The van der Waals surface area contributed by atoms with E-state index in [0.29, 0.717) is 17.8 Å². The van der Waals surface area contributed by atoms with Crippen LogP contribution in [0, 0.1) is 17.3 Å². The summed E-state index contributed by atoms with van der Waals surface area (Å²) in [6, 6.07) is 43.8. The lowest BCUT2D eigenvalue weighted by molar-refractivity contribution is -0.0527. The summed E-state index contributed by atoms with van der Waals surface area (Å²) in [5.41, 5.74) is 1.02. The molecule has 1 saturated heterocycles. The Balaban J connectivity index is 1.66. The maximum absolute atomic E-state index is 8.29. The van der Waals surface area contributed by atoms with Crippen LogP contribution in [-0.4, -0.2) is 51.5 Å². The van der Waals surface area contributed by atoms with Gasteiger partial charge in [0.15, 0.2) is 8.32 Å². The van der Waals surface area contributed by atoms with E-state index in [1.54, 1.807) is 0 Å². The molecule has 4 aromatic rings. The Morgan fingerprint density at radius 2 is 1.10 bits per heavy atom. The van der Waals surface area contributed by atoms with Crippen LogP contribution >= 0.6 is 23.5 Å². The van der Waals surface area contributed by atoms with Crippen LogP contribution in [0.15, 0.2) is 121 Å². The minimum absolute atomic E-state index is 0.0615. The fourth-order valence-corrected chi connectivity index (χ4v) is 16.5. The summed E-state index contributed by atoms with van der Waals surface area (Å²) < 4.78 is 22.8. The van der Waals surface area contributed by atoms with Crippen LogP contribution in [0.1, 0.15) is 60.5 Å². The van der Waals surface area contributed by atoms with Crippen molar-refractivity contribution in [2.45, 2.75) is 96.4 Å². The Morgan fingerprint density at radius 1 is 0.654 bits per heavy atom. The largest absolute Gasteiger partial charge is 0.413 e. The monoisotopic (exact) mass is 770 g/mol. The van der Waals surface area contributed by atoms with Crippen LogP contribution < -0.4 is 15.6 Å². The quantitative estimate of drug-likeness (QED) is 0.0836. The molecule has 5 rings (SSSR count). The molecule has 1 aliphatic heterocycles. The first-order valence-electron chi connectivity index (χ1n) is 19.1. The first-order chi connectivity index (χ1) is 24.8. The molecular weight excluding hydrogens is 709 g/mol. The van der Waals surface area contributed by atoms with Crippen molar-refractivity contribution in [3.8, 4) is 0 Å². The molecule has 0 aliphatic carbocycles. The second kappa shape index (κ2) is 18.0. The van der Waals surface area contributed by atoms with Gasteiger partial charge in [0.05, 0.1) is 30.0 Å². The summed E-state index contributed by atoms with van der Waals surface area (Å²) in [7, 11) is -5.26. The number of thioether (sulfide) groups is 2. The molecule has 3 nitrogen and oxygen atoms in total. The molecule has 0 spiro atoms. The SMILES string of the molecule is C[C@H]([C@@H](O[Si](C)(C)C(C)(C)C)[C@@H](C)COCc1ccccc1)[C@@H](O[Si](c1ccccc1)(c1ccccc1)c1ccccc1)C(C)(C)C1SCCCS1. The van der Waals surface area contributed by atoms with E-state index in [1.165, 1.54) is 39.1 Å². The predicted octanol–water partition coefficient (Wildman–Crippen LogP) is 10.1. The summed E-state index contributed by atoms with van der Waals surface area (Å²) >= 11 is 4.24. The molecule has 7 heteroatoms. The van der Waals surface area contributed by atoms with Crippen LogP contribution in [0.2, 0.25) is 18.1 Å². The zero-order valence-corrected chi connectivity index (χ0v) is 36.6. The first kappa shape index (κ1) is 41.1. The minimum Gasteiger partial charge on any atom is -0.413 e. The average Bonchev–Trinajstić information content (AvgIpc) is 3.15. The lowest BCUT2D eigenvalue weighted by Crippen LogP contribution is -2.72. The van der Waals surface area contributed by atoms with Crippen LogP contribution in [0.5, 0.6) is 0 Å². The molecule has 4 atom stereocenters. The van der Waals surface area contributed by atoms with E-state index >= 15 is 0 Å². The van der Waals surface area contributed by atoms with Crippen LogP contribution in [-0.2, 0) is 20.2 Å². The molecular formula is C45H62O3S2Si2. The molecule has 1 aliphatic rings. The van der Waals surface area contributed by atoms with Crippen molar-refractivity contribution in [2.75, 3.05) is 18.1 Å². The lowest BCUT2D eigenvalue weighted by Gasteiger charge is -2.51. The highest BCUT2D eigenvalue weighted by Crippen LogP contribution is 2.49. The maximum atomic E-state index is 8.29. The predicted molar refractivity (Wildman–Crippen MR) is 232 cm³/mol. The van der Waals surface area contributed by atoms with Gasteiger partial charge in [-0.05, 0) is 57.2 Å². The van der Waals surface area contributed by atoms with Gasteiger partial charge in [-0.15, -0.1) is 23.5 Å². The fourth-order valence-electron chi connectivity index (χ4n) is 7.36. The van der Waals surface area contributed by atoms with E-state index < -0.39 is 16.6 Å². The van der Waals surface area contributed by atoms with Crippen molar-refractivity contribution in [1.29, 1.82) is 0 Å². The fraction of sp³-hybridized carbons (Fsp3) is 0.467. The van der Waals surface area contributed by atoms with Gasteiger partial charge in [-0.3, -0.25) is 0 Å². The summed E-state index contributed by atoms with van der Waals surface area (Å²) in [6.45, 7) is 22.8. The molecule has 52 heavy (non-hydrogen) atoms. The van der Waals surface area contributed by atoms with Gasteiger partial charge in [-0.25, -0.2) is 0 Å². The molecule has 0 N–H and O–H groups in total. The van der Waals surface area contributed by atoms with E-state index in [2.05, 4.69) is 206 Å². The second-order valence-corrected chi connectivity index (χ2v) is 27.6. The van der Waals surface area contributed by atoms with Crippen LogP contribution in [0.4, 0.5) is 0 Å². The Labute approximate surface area is 326 Å². The molecule has 0 saturated carbocycles. The third-order valence-electron chi connectivity index (χ3n) is 11.3. The molecule has 0 amide bonds. The maximum Gasteiger partial charge on any atom is 0.288 e. The van der Waals surface area contributed by atoms with Crippen molar-refractivity contribution in [2.24, 2.45) is 17.3 Å². The molecule has 1 fully saturated rings. The molecule has 1 heterocycles. The minimum atomic E-state index is -3.06. The highest BCUT2D eigenvalue weighted by molar-refractivity contribution is 8.17. The van der Waals surface area contributed by atoms with E-state index in [1.807, 2.05) is 0 Å². The standard InChI is InChI=1S/C45H62O3S2Si2/c1-35(33-46-34-37-23-14-10-15-24-37)41(47-51(8,9)44(3,4)5)36(2)42(45(6,7)43-49-31-22-32-50-43)48-52(38-25-16-11-17-26-38,39-27-18-12-19-28-39)40-29-20-13-21-30-40/h10-21,23-30,35-36,41-43H,22,31-34H2,1-9H3/t35-,36+,41-,42+/m0/s1. The van der Waals surface area contributed by atoms with E-state index in [4.69, 9.17) is 13.6 Å². The molecule has 0 radical (unpaired) electrons. The molecule has 280 valence electrons. The second-order valence-electron chi connectivity index (χ2n) is 16.7. The van der Waals surface area contributed by atoms with Crippen molar-refractivity contribution in [3.05, 3.63) is 127 Å². The normalized spacial score (nSPS) is 17.3. The Hall–Kier alpha value is -2.11. The van der Waals surface area contributed by atoms with Gasteiger partial charge in [0, 0.05) is 17.3 Å². The number of ether oxygens (including phenoxy) is 1. The van der Waals surface area contributed by atoms with Gasteiger partial charge in [0.1, 0.15) is 0 Å². The van der Waals surface area contributed by atoms with Crippen molar-refractivity contribution < 1.29 is 13.6 Å². The zero-order valence-electron chi connectivity index (χ0n) is 33.0.